The zero-order valence-corrected chi connectivity index (χ0v) is 12.2. The first-order valence-electron chi connectivity index (χ1n) is 7.41. The second-order valence-electron chi connectivity index (χ2n) is 6.00. The van der Waals surface area contributed by atoms with Crippen molar-refractivity contribution in [1.82, 2.24) is 10.2 Å². The standard InChI is InChI=1S/C14H24N2O4/c1-9(2)11-4-3-7-16(11)14(19)15-8-10-5-6-12(20-10)13(17)18/h9-12H,3-8H2,1-2H3,(H,15,19)(H,17,18). The van der Waals surface area contributed by atoms with Gasteiger partial charge in [0, 0.05) is 19.1 Å². The molecule has 3 unspecified atom stereocenters. The summed E-state index contributed by atoms with van der Waals surface area (Å²) in [5.41, 5.74) is 0. The van der Waals surface area contributed by atoms with E-state index in [0.29, 0.717) is 31.3 Å². The Bertz CT molecular complexity index is 372. The van der Waals surface area contributed by atoms with E-state index in [1.807, 2.05) is 4.90 Å². The molecule has 0 aromatic carbocycles. The fraction of sp³-hybridized carbons (Fsp3) is 0.857. The summed E-state index contributed by atoms with van der Waals surface area (Å²) in [7, 11) is 0. The van der Waals surface area contributed by atoms with Crippen LogP contribution < -0.4 is 5.32 Å². The van der Waals surface area contributed by atoms with Crippen LogP contribution in [0.4, 0.5) is 4.79 Å². The summed E-state index contributed by atoms with van der Waals surface area (Å²) in [5, 5.41) is 11.7. The largest absolute Gasteiger partial charge is 0.479 e. The van der Waals surface area contributed by atoms with Gasteiger partial charge in [0.1, 0.15) is 0 Å². The summed E-state index contributed by atoms with van der Waals surface area (Å²) in [6, 6.07) is 0.259. The smallest absolute Gasteiger partial charge is 0.332 e. The third-order valence-electron chi connectivity index (χ3n) is 4.19. The van der Waals surface area contributed by atoms with Crippen molar-refractivity contribution in [2.45, 2.75) is 57.8 Å². The fourth-order valence-corrected chi connectivity index (χ4v) is 3.08. The van der Waals surface area contributed by atoms with Gasteiger partial charge in [0.25, 0.3) is 0 Å². The zero-order valence-electron chi connectivity index (χ0n) is 12.2. The van der Waals surface area contributed by atoms with E-state index in [2.05, 4.69) is 19.2 Å². The number of hydrogen-bond donors (Lipinski definition) is 2. The molecule has 0 bridgehead atoms. The van der Waals surface area contributed by atoms with Crippen LogP contribution in [0.3, 0.4) is 0 Å². The number of aliphatic carboxylic acids is 1. The number of carboxylic acid groups (broad SMARTS) is 1. The van der Waals surface area contributed by atoms with Crippen molar-refractivity contribution in [2.75, 3.05) is 13.1 Å². The second-order valence-corrected chi connectivity index (χ2v) is 6.00. The van der Waals surface area contributed by atoms with Crippen molar-refractivity contribution in [3.63, 3.8) is 0 Å². The van der Waals surface area contributed by atoms with E-state index in [0.717, 1.165) is 19.4 Å². The molecular weight excluding hydrogens is 260 g/mol. The van der Waals surface area contributed by atoms with Gasteiger partial charge in [0.2, 0.25) is 0 Å². The molecule has 0 aromatic heterocycles. The van der Waals surface area contributed by atoms with Crippen LogP contribution in [-0.4, -0.2) is 53.3 Å². The topological polar surface area (TPSA) is 78.9 Å². The quantitative estimate of drug-likeness (QED) is 0.819. The molecule has 0 aromatic rings. The highest BCUT2D eigenvalue weighted by molar-refractivity contribution is 5.75. The van der Waals surface area contributed by atoms with Gasteiger partial charge in [-0.1, -0.05) is 13.8 Å². The number of carbonyl (C=O) groups is 2. The lowest BCUT2D eigenvalue weighted by Crippen LogP contribution is -2.46. The Hall–Kier alpha value is -1.30. The van der Waals surface area contributed by atoms with Crippen LogP contribution in [0.15, 0.2) is 0 Å². The maximum Gasteiger partial charge on any atom is 0.332 e. The normalized spacial score (nSPS) is 29.9. The van der Waals surface area contributed by atoms with E-state index in [-0.39, 0.29) is 12.1 Å². The molecule has 2 aliphatic rings. The summed E-state index contributed by atoms with van der Waals surface area (Å²) >= 11 is 0. The highest BCUT2D eigenvalue weighted by Crippen LogP contribution is 2.24. The van der Waals surface area contributed by atoms with Gasteiger partial charge in [-0.15, -0.1) is 0 Å². The van der Waals surface area contributed by atoms with Gasteiger partial charge < -0.3 is 20.1 Å². The molecule has 2 amide bonds. The van der Waals surface area contributed by atoms with E-state index >= 15 is 0 Å². The average molecular weight is 284 g/mol. The van der Waals surface area contributed by atoms with Crippen LogP contribution in [-0.2, 0) is 9.53 Å². The zero-order chi connectivity index (χ0) is 14.7. The summed E-state index contributed by atoms with van der Waals surface area (Å²) in [6.07, 6.45) is 2.43. The minimum Gasteiger partial charge on any atom is -0.479 e. The van der Waals surface area contributed by atoms with Crippen LogP contribution in [0.5, 0.6) is 0 Å². The molecule has 2 N–H and O–H groups in total. The van der Waals surface area contributed by atoms with E-state index < -0.39 is 12.1 Å². The van der Waals surface area contributed by atoms with E-state index in [1.54, 1.807) is 0 Å². The average Bonchev–Trinajstić information content (AvgIpc) is 3.04. The third kappa shape index (κ3) is 3.42. The van der Waals surface area contributed by atoms with Crippen LogP contribution >= 0.6 is 0 Å². The highest BCUT2D eigenvalue weighted by Gasteiger charge is 2.33. The number of nitrogens with one attached hydrogen (secondary N) is 1. The molecule has 6 nitrogen and oxygen atoms in total. The predicted molar refractivity (Wildman–Crippen MR) is 73.5 cm³/mol. The van der Waals surface area contributed by atoms with E-state index in [1.165, 1.54) is 0 Å². The lowest BCUT2D eigenvalue weighted by molar-refractivity contribution is -0.149. The molecule has 2 saturated heterocycles. The SMILES string of the molecule is CC(C)C1CCCN1C(=O)NCC1CCC(C(=O)O)O1. The van der Waals surface area contributed by atoms with Gasteiger partial charge in [-0.05, 0) is 31.6 Å². The molecule has 3 atom stereocenters. The highest BCUT2D eigenvalue weighted by atomic mass is 16.5. The molecular formula is C14H24N2O4. The number of urea groups is 1. The van der Waals surface area contributed by atoms with Crippen molar-refractivity contribution in [3.8, 4) is 0 Å². The molecule has 0 saturated carbocycles. The van der Waals surface area contributed by atoms with Crippen LogP contribution in [0.2, 0.25) is 0 Å². The minimum absolute atomic E-state index is 0.0522. The third-order valence-corrected chi connectivity index (χ3v) is 4.19. The molecule has 20 heavy (non-hydrogen) atoms. The van der Waals surface area contributed by atoms with Gasteiger partial charge in [-0.2, -0.15) is 0 Å². The Morgan fingerprint density at radius 2 is 2.10 bits per heavy atom. The number of carbonyl (C=O) groups excluding carboxylic acids is 1. The first-order chi connectivity index (χ1) is 9.49. The van der Waals surface area contributed by atoms with Crippen LogP contribution in [0.25, 0.3) is 0 Å². The van der Waals surface area contributed by atoms with Gasteiger partial charge in [-0.3, -0.25) is 0 Å². The Labute approximate surface area is 119 Å². The number of ether oxygens (including phenoxy) is 1. The Balaban J connectivity index is 1.77. The van der Waals surface area contributed by atoms with Gasteiger partial charge >= 0.3 is 12.0 Å². The molecule has 2 aliphatic heterocycles. The number of nitrogens with zero attached hydrogens (tertiary/aromatic N) is 1. The second kappa shape index (κ2) is 6.43. The first-order valence-corrected chi connectivity index (χ1v) is 7.41. The molecule has 2 heterocycles. The van der Waals surface area contributed by atoms with Crippen molar-refractivity contribution in [1.29, 1.82) is 0 Å². The number of likely N-dealkylation sites (tertiary alicyclic amines) is 1. The number of hydrogen-bond acceptors (Lipinski definition) is 3. The summed E-state index contributed by atoms with van der Waals surface area (Å²) in [5.74, 6) is -0.458. The van der Waals surface area contributed by atoms with Crippen molar-refractivity contribution in [2.24, 2.45) is 5.92 Å². The first kappa shape index (κ1) is 15.1. The van der Waals surface area contributed by atoms with Crippen molar-refractivity contribution < 1.29 is 19.4 Å². The van der Waals surface area contributed by atoms with E-state index in [9.17, 15) is 9.59 Å². The molecule has 0 radical (unpaired) electrons. The summed E-state index contributed by atoms with van der Waals surface area (Å²) in [6.45, 7) is 5.46. The fourth-order valence-electron chi connectivity index (χ4n) is 3.08. The van der Waals surface area contributed by atoms with Crippen LogP contribution in [0.1, 0.15) is 39.5 Å². The predicted octanol–water partition coefficient (Wildman–Crippen LogP) is 1.45. The van der Waals surface area contributed by atoms with Crippen molar-refractivity contribution in [3.05, 3.63) is 0 Å². The lowest BCUT2D eigenvalue weighted by Gasteiger charge is -2.28. The van der Waals surface area contributed by atoms with Crippen LogP contribution in [0, 0.1) is 5.92 Å². The molecule has 0 spiro atoms. The van der Waals surface area contributed by atoms with Gasteiger partial charge in [-0.25, -0.2) is 9.59 Å². The van der Waals surface area contributed by atoms with Crippen molar-refractivity contribution >= 4 is 12.0 Å². The Morgan fingerprint density at radius 3 is 2.70 bits per heavy atom. The Kier molecular flexibility index (Phi) is 4.86. The maximum atomic E-state index is 12.2. The molecule has 114 valence electrons. The molecule has 2 rings (SSSR count). The summed E-state index contributed by atoms with van der Waals surface area (Å²) < 4.78 is 5.38. The van der Waals surface area contributed by atoms with Gasteiger partial charge in [0.15, 0.2) is 6.10 Å². The molecule has 6 heteroatoms. The number of amides is 2. The molecule has 2 fully saturated rings. The lowest BCUT2D eigenvalue weighted by atomic mass is 10.0. The Morgan fingerprint density at radius 1 is 1.35 bits per heavy atom. The monoisotopic (exact) mass is 284 g/mol. The number of carboxylic acids is 1. The number of rotatable bonds is 4. The van der Waals surface area contributed by atoms with E-state index in [4.69, 9.17) is 9.84 Å². The maximum absolute atomic E-state index is 12.2. The minimum atomic E-state index is -0.918. The summed E-state index contributed by atoms with van der Waals surface area (Å²) in [4.78, 5) is 24.9. The van der Waals surface area contributed by atoms with Gasteiger partial charge in [0.05, 0.1) is 6.10 Å². The molecule has 0 aliphatic carbocycles.